The van der Waals surface area contributed by atoms with E-state index in [9.17, 15) is 9.00 Å². The maximum absolute atomic E-state index is 12.6. The van der Waals surface area contributed by atoms with Crippen LogP contribution in [0.25, 0.3) is 0 Å². The molecule has 2 N–H and O–H groups in total. The quantitative estimate of drug-likeness (QED) is 0.843. The van der Waals surface area contributed by atoms with Gasteiger partial charge >= 0.3 is 6.03 Å². The fourth-order valence-electron chi connectivity index (χ4n) is 4.31. The molecule has 7 heteroatoms. The van der Waals surface area contributed by atoms with E-state index in [0.29, 0.717) is 5.03 Å². The normalized spacial score (nSPS) is 16.3. The molecule has 2 aliphatic rings. The van der Waals surface area contributed by atoms with Gasteiger partial charge in [-0.15, -0.1) is 0 Å². The molecular formula is C20H26N4O2S. The molecule has 4 rings (SSSR count). The lowest BCUT2D eigenvalue weighted by Gasteiger charge is -2.16. The molecule has 1 aromatic carbocycles. The number of carbonyl (C=O) groups excluding carboxylic acids is 1. The van der Waals surface area contributed by atoms with Crippen LogP contribution in [-0.2, 0) is 36.7 Å². The lowest BCUT2D eigenvalue weighted by molar-refractivity contribution is 0.257. The largest absolute Gasteiger partial charge is 0.331 e. The van der Waals surface area contributed by atoms with Gasteiger partial charge in [-0.3, -0.25) is 4.72 Å². The summed E-state index contributed by atoms with van der Waals surface area (Å²) in [6.45, 7) is 5.95. The second-order valence-electron chi connectivity index (χ2n) is 7.69. The van der Waals surface area contributed by atoms with Gasteiger partial charge in [0, 0.05) is 17.9 Å². The highest BCUT2D eigenvalue weighted by Crippen LogP contribution is 2.38. The van der Waals surface area contributed by atoms with Crippen LogP contribution in [-0.4, -0.2) is 19.8 Å². The summed E-state index contributed by atoms with van der Waals surface area (Å²) in [6, 6.07) is 2.12. The number of aromatic nitrogens is 2. The summed E-state index contributed by atoms with van der Waals surface area (Å²) >= 11 is 0. The molecule has 2 aromatic rings. The van der Waals surface area contributed by atoms with Crippen LogP contribution < -0.4 is 10.0 Å². The van der Waals surface area contributed by atoms with Crippen molar-refractivity contribution in [3.63, 3.8) is 0 Å². The minimum Gasteiger partial charge on any atom is -0.331 e. The lowest BCUT2D eigenvalue weighted by Crippen LogP contribution is -2.31. The Morgan fingerprint density at radius 1 is 1.15 bits per heavy atom. The average molecular weight is 387 g/mol. The number of urea groups is 1. The minimum absolute atomic E-state index is 0.228. The monoisotopic (exact) mass is 386 g/mol. The zero-order valence-electron chi connectivity index (χ0n) is 16.1. The van der Waals surface area contributed by atoms with Crippen LogP contribution in [0.1, 0.15) is 60.8 Å². The van der Waals surface area contributed by atoms with Gasteiger partial charge in [-0.25, -0.2) is 14.0 Å². The molecule has 0 saturated carbocycles. The predicted octanol–water partition coefficient (Wildman–Crippen LogP) is 3.59. The average Bonchev–Trinajstić information content (AvgIpc) is 3.32. The third-order valence-electron chi connectivity index (χ3n) is 5.54. The van der Waals surface area contributed by atoms with Crippen molar-refractivity contribution < 1.29 is 9.00 Å². The predicted molar refractivity (Wildman–Crippen MR) is 106 cm³/mol. The van der Waals surface area contributed by atoms with Gasteiger partial charge in [0.1, 0.15) is 5.82 Å². The Morgan fingerprint density at radius 2 is 1.78 bits per heavy atom. The molecule has 0 radical (unpaired) electrons. The summed E-state index contributed by atoms with van der Waals surface area (Å²) < 4.78 is 17.1. The molecular weight excluding hydrogens is 360 g/mol. The highest BCUT2D eigenvalue weighted by atomic mass is 32.2. The number of carbonyl (C=O) groups is 1. The van der Waals surface area contributed by atoms with Gasteiger partial charge in [0.2, 0.25) is 0 Å². The van der Waals surface area contributed by atoms with Crippen molar-refractivity contribution in [1.82, 2.24) is 14.3 Å². The van der Waals surface area contributed by atoms with Crippen LogP contribution in [0.2, 0.25) is 0 Å². The second kappa shape index (κ2) is 7.11. The molecule has 2 aliphatic carbocycles. The number of hydrogen-bond donors (Lipinski definition) is 2. The molecule has 1 aromatic heterocycles. The number of amides is 2. The number of rotatable bonds is 4. The highest BCUT2D eigenvalue weighted by molar-refractivity contribution is 7.83. The summed E-state index contributed by atoms with van der Waals surface area (Å²) in [4.78, 5) is 16.9. The fourth-order valence-corrected chi connectivity index (χ4v) is 5.06. The van der Waals surface area contributed by atoms with Crippen LogP contribution in [0.15, 0.2) is 17.3 Å². The molecule has 0 bridgehead atoms. The van der Waals surface area contributed by atoms with Crippen molar-refractivity contribution in [2.75, 3.05) is 5.32 Å². The van der Waals surface area contributed by atoms with Crippen LogP contribution in [0.5, 0.6) is 0 Å². The van der Waals surface area contributed by atoms with E-state index in [1.807, 2.05) is 25.3 Å². The van der Waals surface area contributed by atoms with Crippen molar-refractivity contribution in [1.29, 1.82) is 0 Å². The SMILES string of the molecule is Cc1nc(S(=O)NC(=O)Nc2c3c(cc4c2CCC4)CCC3)cn1C(C)C. The Balaban J connectivity index is 1.52. The molecule has 1 heterocycles. The van der Waals surface area contributed by atoms with E-state index >= 15 is 0 Å². The summed E-state index contributed by atoms with van der Waals surface area (Å²) in [5, 5.41) is 3.38. The first-order valence-electron chi connectivity index (χ1n) is 9.65. The number of imidazole rings is 1. The Morgan fingerprint density at radius 3 is 2.33 bits per heavy atom. The fraction of sp³-hybridized carbons (Fsp3) is 0.500. The second-order valence-corrected chi connectivity index (χ2v) is 8.85. The zero-order chi connectivity index (χ0) is 19.1. The molecule has 0 spiro atoms. The molecule has 0 saturated heterocycles. The molecule has 0 aliphatic heterocycles. The van der Waals surface area contributed by atoms with Crippen molar-refractivity contribution in [3.05, 3.63) is 40.3 Å². The summed E-state index contributed by atoms with van der Waals surface area (Å²) in [5.41, 5.74) is 6.20. The van der Waals surface area contributed by atoms with E-state index < -0.39 is 17.0 Å². The van der Waals surface area contributed by atoms with E-state index in [2.05, 4.69) is 21.1 Å². The maximum Gasteiger partial charge on any atom is 0.331 e. The Hall–Kier alpha value is -2.15. The van der Waals surface area contributed by atoms with E-state index in [1.54, 1.807) is 6.20 Å². The Bertz CT molecular complexity index is 900. The topological polar surface area (TPSA) is 76.0 Å². The number of hydrogen-bond acceptors (Lipinski definition) is 3. The molecule has 1 unspecified atom stereocenters. The minimum atomic E-state index is -1.68. The van der Waals surface area contributed by atoms with Crippen molar-refractivity contribution in [2.45, 2.75) is 70.4 Å². The van der Waals surface area contributed by atoms with Gasteiger partial charge in [0.05, 0.1) is 0 Å². The molecule has 27 heavy (non-hydrogen) atoms. The maximum atomic E-state index is 12.6. The highest BCUT2D eigenvalue weighted by Gasteiger charge is 2.25. The van der Waals surface area contributed by atoms with Gasteiger partial charge in [0.25, 0.3) is 0 Å². The molecule has 144 valence electrons. The van der Waals surface area contributed by atoms with Crippen LogP contribution in [0.3, 0.4) is 0 Å². The Labute approximate surface area is 162 Å². The van der Waals surface area contributed by atoms with E-state index in [4.69, 9.17) is 0 Å². The van der Waals surface area contributed by atoms with Crippen molar-refractivity contribution in [3.8, 4) is 0 Å². The van der Waals surface area contributed by atoms with Gasteiger partial charge < -0.3 is 9.88 Å². The van der Waals surface area contributed by atoms with Gasteiger partial charge in [-0.1, -0.05) is 6.07 Å². The van der Waals surface area contributed by atoms with E-state index in [-0.39, 0.29) is 6.04 Å². The van der Waals surface area contributed by atoms with E-state index in [1.165, 1.54) is 22.3 Å². The molecule has 2 amide bonds. The molecule has 1 atom stereocenters. The van der Waals surface area contributed by atoms with Gasteiger partial charge in [-0.05, 0) is 81.5 Å². The van der Waals surface area contributed by atoms with E-state index in [0.717, 1.165) is 50.0 Å². The molecule has 0 fully saturated rings. The standard InChI is InChI=1S/C20H26N4O2S/c1-12(2)24-11-18(21-13(24)3)27(26)23-20(25)22-19-16-8-4-6-14(16)10-15-7-5-9-17(15)19/h10-12H,4-9H2,1-3H3,(H2,22,23,25). The summed E-state index contributed by atoms with van der Waals surface area (Å²) in [6.07, 6.45) is 8.17. The number of fused-ring (bicyclic) bond motifs is 2. The number of nitrogens with zero attached hydrogens (tertiary/aromatic N) is 2. The van der Waals surface area contributed by atoms with Crippen molar-refractivity contribution in [2.24, 2.45) is 0 Å². The first kappa shape index (κ1) is 18.2. The Kier molecular flexibility index (Phi) is 4.80. The number of nitrogens with one attached hydrogen (secondary N) is 2. The lowest BCUT2D eigenvalue weighted by atomic mass is 9.99. The third-order valence-corrected chi connectivity index (χ3v) is 6.49. The first-order valence-corrected chi connectivity index (χ1v) is 10.8. The number of benzene rings is 1. The van der Waals surface area contributed by atoms with Crippen molar-refractivity contribution >= 4 is 22.7 Å². The molecule has 6 nitrogen and oxygen atoms in total. The van der Waals surface area contributed by atoms with Crippen LogP contribution >= 0.6 is 0 Å². The number of aryl methyl sites for hydroxylation is 3. The number of anilines is 1. The first-order chi connectivity index (χ1) is 12.9. The van der Waals surface area contributed by atoms with Crippen LogP contribution in [0, 0.1) is 6.92 Å². The van der Waals surface area contributed by atoms with Gasteiger partial charge in [0.15, 0.2) is 16.0 Å². The van der Waals surface area contributed by atoms with Gasteiger partial charge in [-0.2, -0.15) is 0 Å². The summed E-state index contributed by atoms with van der Waals surface area (Å²) in [7, 11) is -1.68. The zero-order valence-corrected chi connectivity index (χ0v) is 16.9. The smallest absolute Gasteiger partial charge is 0.331 e. The third kappa shape index (κ3) is 3.40. The summed E-state index contributed by atoms with van der Waals surface area (Å²) in [5.74, 6) is 0.786. The van der Waals surface area contributed by atoms with Crippen LogP contribution in [0.4, 0.5) is 10.5 Å².